The standard InChI is InChI=1S/C15H20N4O3/c1-9(15(2,3)4)12(20)16-10-5-7-11(8-6-10)19-13(21)17-18-14(19)22/h5-9H,1-4H3,(H,16,20)(H,17,21)(H,18,22). The van der Waals surface area contributed by atoms with E-state index in [0.717, 1.165) is 4.57 Å². The molecule has 1 amide bonds. The van der Waals surface area contributed by atoms with Crippen molar-refractivity contribution in [3.05, 3.63) is 45.2 Å². The summed E-state index contributed by atoms with van der Waals surface area (Å²) in [5.41, 5.74) is -0.166. The number of hydrogen-bond acceptors (Lipinski definition) is 3. The average molecular weight is 304 g/mol. The summed E-state index contributed by atoms with van der Waals surface area (Å²) in [5.74, 6) is -0.223. The molecule has 7 nitrogen and oxygen atoms in total. The van der Waals surface area contributed by atoms with Crippen molar-refractivity contribution in [1.29, 1.82) is 0 Å². The van der Waals surface area contributed by atoms with E-state index in [0.29, 0.717) is 11.4 Å². The normalized spacial score (nSPS) is 12.9. The number of carbonyl (C=O) groups is 1. The van der Waals surface area contributed by atoms with E-state index in [2.05, 4.69) is 15.5 Å². The van der Waals surface area contributed by atoms with E-state index in [-0.39, 0.29) is 17.2 Å². The third-order valence-electron chi connectivity index (χ3n) is 3.77. The van der Waals surface area contributed by atoms with E-state index in [9.17, 15) is 14.4 Å². The van der Waals surface area contributed by atoms with Crippen LogP contribution in [0.3, 0.4) is 0 Å². The van der Waals surface area contributed by atoms with Gasteiger partial charge in [0.25, 0.3) is 0 Å². The van der Waals surface area contributed by atoms with Gasteiger partial charge in [-0.1, -0.05) is 27.7 Å². The summed E-state index contributed by atoms with van der Waals surface area (Å²) >= 11 is 0. The molecule has 3 N–H and O–H groups in total. The Morgan fingerprint density at radius 1 is 1.09 bits per heavy atom. The van der Waals surface area contributed by atoms with Gasteiger partial charge in [0.2, 0.25) is 5.91 Å². The molecular weight excluding hydrogens is 284 g/mol. The van der Waals surface area contributed by atoms with E-state index in [1.807, 2.05) is 27.7 Å². The largest absolute Gasteiger partial charge is 0.348 e. The first-order chi connectivity index (χ1) is 10.2. The molecule has 0 aliphatic heterocycles. The summed E-state index contributed by atoms with van der Waals surface area (Å²) in [6, 6.07) is 6.51. The molecule has 2 rings (SSSR count). The van der Waals surface area contributed by atoms with Gasteiger partial charge in [0.15, 0.2) is 0 Å². The van der Waals surface area contributed by atoms with Crippen LogP contribution >= 0.6 is 0 Å². The van der Waals surface area contributed by atoms with Crippen molar-refractivity contribution in [2.75, 3.05) is 5.32 Å². The number of nitrogens with one attached hydrogen (secondary N) is 3. The number of aromatic nitrogens is 3. The first kappa shape index (κ1) is 15.8. The van der Waals surface area contributed by atoms with Gasteiger partial charge in [-0.05, 0) is 29.7 Å². The highest BCUT2D eigenvalue weighted by Crippen LogP contribution is 2.26. The van der Waals surface area contributed by atoms with Gasteiger partial charge in [0.05, 0.1) is 5.69 Å². The van der Waals surface area contributed by atoms with Gasteiger partial charge in [-0.3, -0.25) is 4.79 Å². The van der Waals surface area contributed by atoms with Crippen LogP contribution in [0.2, 0.25) is 0 Å². The van der Waals surface area contributed by atoms with Crippen molar-refractivity contribution in [3.63, 3.8) is 0 Å². The number of anilines is 1. The number of H-pyrrole nitrogens is 2. The lowest BCUT2D eigenvalue weighted by atomic mass is 9.81. The van der Waals surface area contributed by atoms with Crippen molar-refractivity contribution >= 4 is 11.6 Å². The first-order valence-corrected chi connectivity index (χ1v) is 7.01. The highest BCUT2D eigenvalue weighted by atomic mass is 16.2. The molecule has 1 unspecified atom stereocenters. The molecule has 0 saturated carbocycles. The van der Waals surface area contributed by atoms with Crippen LogP contribution in [0.1, 0.15) is 27.7 Å². The molecule has 0 aliphatic rings. The Balaban J connectivity index is 2.19. The van der Waals surface area contributed by atoms with Gasteiger partial charge in [-0.2, -0.15) is 0 Å². The van der Waals surface area contributed by atoms with Crippen LogP contribution in [0.4, 0.5) is 5.69 Å². The predicted molar refractivity (Wildman–Crippen MR) is 84.3 cm³/mol. The molecule has 0 bridgehead atoms. The van der Waals surface area contributed by atoms with Gasteiger partial charge in [-0.15, -0.1) is 0 Å². The summed E-state index contributed by atoms with van der Waals surface area (Å²) in [4.78, 5) is 35.2. The number of hydrogen-bond donors (Lipinski definition) is 3. The SMILES string of the molecule is CC(C(=O)Nc1ccc(-n2c(=O)[nH][nH]c2=O)cc1)C(C)(C)C. The predicted octanol–water partition coefficient (Wildman–Crippen LogP) is 1.47. The number of benzene rings is 1. The van der Waals surface area contributed by atoms with Crippen LogP contribution in [0.25, 0.3) is 5.69 Å². The molecule has 1 aromatic carbocycles. The van der Waals surface area contributed by atoms with Crippen LogP contribution in [-0.2, 0) is 4.79 Å². The fourth-order valence-corrected chi connectivity index (χ4v) is 1.88. The Hall–Kier alpha value is -2.57. The topological polar surface area (TPSA) is 99.8 Å². The van der Waals surface area contributed by atoms with Crippen LogP contribution < -0.4 is 16.7 Å². The summed E-state index contributed by atoms with van der Waals surface area (Å²) in [6.07, 6.45) is 0. The second-order valence-electron chi connectivity index (χ2n) is 6.32. The fourth-order valence-electron chi connectivity index (χ4n) is 1.88. The number of rotatable bonds is 3. The van der Waals surface area contributed by atoms with Crippen molar-refractivity contribution in [2.45, 2.75) is 27.7 Å². The van der Waals surface area contributed by atoms with Gasteiger partial charge in [0, 0.05) is 11.6 Å². The lowest BCUT2D eigenvalue weighted by molar-refractivity contribution is -0.122. The summed E-state index contributed by atoms with van der Waals surface area (Å²) < 4.78 is 0.976. The van der Waals surface area contributed by atoms with Crippen molar-refractivity contribution in [2.24, 2.45) is 11.3 Å². The maximum atomic E-state index is 12.2. The zero-order valence-electron chi connectivity index (χ0n) is 13.1. The number of nitrogens with zero attached hydrogens (tertiary/aromatic N) is 1. The fraction of sp³-hybridized carbons (Fsp3) is 0.400. The quantitative estimate of drug-likeness (QED) is 0.800. The zero-order valence-corrected chi connectivity index (χ0v) is 13.1. The minimum Gasteiger partial charge on any atom is -0.326 e. The zero-order chi connectivity index (χ0) is 16.5. The van der Waals surface area contributed by atoms with E-state index in [1.165, 1.54) is 0 Å². The molecule has 22 heavy (non-hydrogen) atoms. The molecular formula is C15H20N4O3. The molecule has 7 heteroatoms. The summed E-state index contributed by atoms with van der Waals surface area (Å²) in [7, 11) is 0. The lowest BCUT2D eigenvalue weighted by Gasteiger charge is -2.26. The maximum Gasteiger partial charge on any atom is 0.348 e. The smallest absolute Gasteiger partial charge is 0.326 e. The number of amides is 1. The molecule has 1 aromatic heterocycles. The van der Waals surface area contributed by atoms with E-state index in [1.54, 1.807) is 24.3 Å². The Morgan fingerprint density at radius 3 is 2.05 bits per heavy atom. The van der Waals surface area contributed by atoms with Gasteiger partial charge in [0.1, 0.15) is 0 Å². The summed E-state index contributed by atoms with van der Waals surface area (Å²) in [6.45, 7) is 7.89. The number of aromatic amines is 2. The van der Waals surface area contributed by atoms with E-state index in [4.69, 9.17) is 0 Å². The molecule has 1 heterocycles. The van der Waals surface area contributed by atoms with Crippen molar-refractivity contribution < 1.29 is 4.79 Å². The molecule has 0 radical (unpaired) electrons. The van der Waals surface area contributed by atoms with Gasteiger partial charge in [-0.25, -0.2) is 24.4 Å². The lowest BCUT2D eigenvalue weighted by Crippen LogP contribution is -2.30. The van der Waals surface area contributed by atoms with Gasteiger partial charge >= 0.3 is 11.4 Å². The number of carbonyl (C=O) groups excluding carboxylic acids is 1. The highest BCUT2D eigenvalue weighted by molar-refractivity contribution is 5.92. The molecule has 0 saturated heterocycles. The second-order valence-corrected chi connectivity index (χ2v) is 6.32. The molecule has 0 spiro atoms. The van der Waals surface area contributed by atoms with Crippen LogP contribution in [0.15, 0.2) is 33.9 Å². The molecule has 2 aromatic rings. The van der Waals surface area contributed by atoms with Crippen LogP contribution in [-0.4, -0.2) is 20.7 Å². The van der Waals surface area contributed by atoms with E-state index >= 15 is 0 Å². The van der Waals surface area contributed by atoms with Gasteiger partial charge < -0.3 is 5.32 Å². The van der Waals surface area contributed by atoms with E-state index < -0.39 is 11.4 Å². The minimum atomic E-state index is -0.539. The first-order valence-electron chi connectivity index (χ1n) is 7.01. The Labute approximate surface area is 127 Å². The van der Waals surface area contributed by atoms with Crippen LogP contribution in [0.5, 0.6) is 0 Å². The second kappa shape index (κ2) is 5.67. The monoisotopic (exact) mass is 304 g/mol. The molecule has 1 atom stereocenters. The maximum absolute atomic E-state index is 12.2. The average Bonchev–Trinajstić information content (AvgIpc) is 2.77. The minimum absolute atomic E-state index is 0.0723. The Kier molecular flexibility index (Phi) is 4.07. The van der Waals surface area contributed by atoms with Crippen LogP contribution in [0, 0.1) is 11.3 Å². The highest BCUT2D eigenvalue weighted by Gasteiger charge is 2.26. The Bertz CT molecular complexity index is 747. The third kappa shape index (κ3) is 3.19. The Morgan fingerprint density at radius 2 is 1.59 bits per heavy atom. The van der Waals surface area contributed by atoms with Crippen molar-refractivity contribution in [3.8, 4) is 5.69 Å². The third-order valence-corrected chi connectivity index (χ3v) is 3.77. The van der Waals surface area contributed by atoms with Crippen molar-refractivity contribution in [1.82, 2.24) is 14.8 Å². The summed E-state index contributed by atoms with van der Waals surface area (Å²) in [5, 5.41) is 7.26. The molecule has 0 fully saturated rings. The molecule has 118 valence electrons. The molecule has 0 aliphatic carbocycles.